The molecule has 88 valence electrons. The summed E-state index contributed by atoms with van der Waals surface area (Å²) in [6.45, 7) is 1.86. The van der Waals surface area contributed by atoms with Crippen LogP contribution in [0.25, 0.3) is 11.3 Å². The van der Waals surface area contributed by atoms with Gasteiger partial charge in [0.1, 0.15) is 11.4 Å². The lowest BCUT2D eigenvalue weighted by molar-refractivity contribution is 0.427. The number of anilines is 1. The van der Waals surface area contributed by atoms with Crippen LogP contribution in [0.2, 0.25) is 0 Å². The maximum atomic E-state index is 5.95. The van der Waals surface area contributed by atoms with E-state index in [2.05, 4.69) is 23.4 Å². The van der Waals surface area contributed by atoms with E-state index in [1.54, 1.807) is 0 Å². The maximum absolute atomic E-state index is 5.95. The Balaban J connectivity index is 2.07. The van der Waals surface area contributed by atoms with Crippen LogP contribution in [0.4, 0.5) is 5.69 Å². The summed E-state index contributed by atoms with van der Waals surface area (Å²) in [7, 11) is 0. The molecular weight excluding hydrogens is 212 g/mol. The van der Waals surface area contributed by atoms with Gasteiger partial charge in [0.2, 0.25) is 0 Å². The first kappa shape index (κ1) is 10.4. The molecule has 0 fully saturated rings. The first-order valence-electron chi connectivity index (χ1n) is 6.09. The van der Waals surface area contributed by atoms with Gasteiger partial charge in [-0.1, -0.05) is 17.3 Å². The number of aromatic nitrogens is 1. The summed E-state index contributed by atoms with van der Waals surface area (Å²) < 4.78 is 5.30. The van der Waals surface area contributed by atoms with E-state index in [-0.39, 0.29) is 0 Å². The largest absolute Gasteiger partial charge is 0.394 e. The number of benzene rings is 1. The van der Waals surface area contributed by atoms with Crippen molar-refractivity contribution in [1.29, 1.82) is 0 Å². The number of aryl methyl sites for hydroxylation is 3. The van der Waals surface area contributed by atoms with E-state index in [4.69, 9.17) is 10.3 Å². The predicted molar refractivity (Wildman–Crippen MR) is 67.7 cm³/mol. The third-order valence-corrected chi connectivity index (χ3v) is 3.52. The van der Waals surface area contributed by atoms with E-state index in [0.29, 0.717) is 11.4 Å². The van der Waals surface area contributed by atoms with Gasteiger partial charge in [-0.3, -0.25) is 0 Å². The second kappa shape index (κ2) is 3.91. The molecule has 2 N–H and O–H groups in total. The Kier molecular flexibility index (Phi) is 2.39. The van der Waals surface area contributed by atoms with E-state index < -0.39 is 0 Å². The molecule has 17 heavy (non-hydrogen) atoms. The molecule has 0 saturated heterocycles. The summed E-state index contributed by atoms with van der Waals surface area (Å²) >= 11 is 0. The molecule has 0 amide bonds. The van der Waals surface area contributed by atoms with Gasteiger partial charge in [0.05, 0.1) is 0 Å². The predicted octanol–water partition coefficient (Wildman–Crippen LogP) is 3.11. The molecule has 3 nitrogen and oxygen atoms in total. The number of rotatable bonds is 1. The van der Waals surface area contributed by atoms with E-state index in [0.717, 1.165) is 17.7 Å². The molecule has 0 bridgehead atoms. The first-order chi connectivity index (χ1) is 8.25. The van der Waals surface area contributed by atoms with Crippen LogP contribution in [-0.2, 0) is 12.8 Å². The highest BCUT2D eigenvalue weighted by molar-refractivity contribution is 5.73. The molecule has 1 aromatic carbocycles. The lowest BCUT2D eigenvalue weighted by Gasteiger charge is -2.15. The number of fused-ring (bicyclic) bond motifs is 1. The molecule has 3 rings (SSSR count). The molecule has 0 atom stereocenters. The van der Waals surface area contributed by atoms with Crippen LogP contribution >= 0.6 is 0 Å². The van der Waals surface area contributed by atoms with Crippen LogP contribution < -0.4 is 5.73 Å². The maximum Gasteiger partial charge on any atom is 0.190 e. The Hall–Kier alpha value is -1.77. The van der Waals surface area contributed by atoms with Gasteiger partial charge in [-0.15, -0.1) is 0 Å². The van der Waals surface area contributed by atoms with Crippen LogP contribution in [0, 0.1) is 6.92 Å². The van der Waals surface area contributed by atoms with Gasteiger partial charge < -0.3 is 10.3 Å². The van der Waals surface area contributed by atoms with Gasteiger partial charge in [0.25, 0.3) is 0 Å². The zero-order chi connectivity index (χ0) is 11.8. The van der Waals surface area contributed by atoms with E-state index in [1.807, 2.05) is 6.92 Å². The number of nitrogen functional groups attached to an aromatic ring is 1. The van der Waals surface area contributed by atoms with E-state index >= 15 is 0 Å². The summed E-state index contributed by atoms with van der Waals surface area (Å²) in [5, 5.41) is 3.90. The van der Waals surface area contributed by atoms with Crippen LogP contribution in [0.5, 0.6) is 0 Å². The fourth-order valence-electron chi connectivity index (χ4n) is 2.46. The van der Waals surface area contributed by atoms with Crippen LogP contribution in [-0.4, -0.2) is 5.16 Å². The Morgan fingerprint density at radius 1 is 1.18 bits per heavy atom. The van der Waals surface area contributed by atoms with Crippen molar-refractivity contribution in [2.75, 3.05) is 5.73 Å². The van der Waals surface area contributed by atoms with Gasteiger partial charge in [0.15, 0.2) is 5.76 Å². The number of nitrogens with two attached hydrogens (primary N) is 1. The molecule has 2 aromatic rings. The van der Waals surface area contributed by atoms with E-state index in [9.17, 15) is 0 Å². The van der Waals surface area contributed by atoms with Gasteiger partial charge >= 0.3 is 0 Å². The third kappa shape index (κ3) is 1.71. The Bertz CT molecular complexity index is 557. The average Bonchev–Trinajstić information content (AvgIpc) is 2.70. The van der Waals surface area contributed by atoms with Gasteiger partial charge in [-0.2, -0.15) is 0 Å². The molecule has 0 unspecified atom stereocenters. The number of hydrogen-bond acceptors (Lipinski definition) is 3. The molecule has 1 heterocycles. The highest BCUT2D eigenvalue weighted by Gasteiger charge is 2.15. The lowest BCUT2D eigenvalue weighted by Crippen LogP contribution is -2.02. The van der Waals surface area contributed by atoms with Crippen LogP contribution in [0.15, 0.2) is 22.7 Å². The monoisotopic (exact) mass is 228 g/mol. The van der Waals surface area contributed by atoms with Gasteiger partial charge in [-0.25, -0.2) is 0 Å². The summed E-state index contributed by atoms with van der Waals surface area (Å²) in [6, 6.07) is 6.48. The van der Waals surface area contributed by atoms with Crippen molar-refractivity contribution in [2.24, 2.45) is 0 Å². The minimum absolute atomic E-state index is 0.653. The summed E-state index contributed by atoms with van der Waals surface area (Å²) in [5.74, 6) is 0.705. The fraction of sp³-hybridized carbons (Fsp3) is 0.357. The fourth-order valence-corrected chi connectivity index (χ4v) is 2.46. The normalized spacial score (nSPS) is 14.6. The highest BCUT2D eigenvalue weighted by atomic mass is 16.5. The van der Waals surface area contributed by atoms with Crippen LogP contribution in [0.1, 0.15) is 29.7 Å². The topological polar surface area (TPSA) is 52.0 Å². The standard InChI is InChI=1S/C14H16N2O/c1-9-13(15)14(17-16-9)12-7-6-10-4-2-3-5-11(10)8-12/h6-8H,2-5,15H2,1H3. The molecule has 1 aliphatic carbocycles. The van der Waals surface area contributed by atoms with Crippen molar-refractivity contribution >= 4 is 5.69 Å². The molecule has 0 spiro atoms. The summed E-state index contributed by atoms with van der Waals surface area (Å²) in [4.78, 5) is 0. The van der Waals surface area contributed by atoms with Gasteiger partial charge in [-0.05, 0) is 49.8 Å². The first-order valence-corrected chi connectivity index (χ1v) is 6.09. The Morgan fingerprint density at radius 2 is 1.94 bits per heavy atom. The van der Waals surface area contributed by atoms with E-state index in [1.165, 1.54) is 30.4 Å². The SMILES string of the molecule is Cc1noc(-c2ccc3c(c2)CCCC3)c1N. The molecule has 0 aliphatic heterocycles. The molecule has 0 saturated carbocycles. The quantitative estimate of drug-likeness (QED) is 0.815. The molecule has 0 radical (unpaired) electrons. The Labute approximate surface area is 101 Å². The third-order valence-electron chi connectivity index (χ3n) is 3.52. The van der Waals surface area contributed by atoms with Crippen molar-refractivity contribution in [3.8, 4) is 11.3 Å². The minimum Gasteiger partial charge on any atom is -0.394 e. The lowest BCUT2D eigenvalue weighted by atomic mass is 9.90. The molecule has 3 heteroatoms. The zero-order valence-electron chi connectivity index (χ0n) is 9.99. The summed E-state index contributed by atoms with van der Waals surface area (Å²) in [5.41, 5.74) is 11.3. The molecule has 1 aliphatic rings. The van der Waals surface area contributed by atoms with Crippen molar-refractivity contribution in [1.82, 2.24) is 5.16 Å². The van der Waals surface area contributed by atoms with Crippen molar-refractivity contribution in [3.63, 3.8) is 0 Å². The Morgan fingerprint density at radius 3 is 2.65 bits per heavy atom. The highest BCUT2D eigenvalue weighted by Crippen LogP contribution is 2.31. The van der Waals surface area contributed by atoms with Crippen LogP contribution in [0.3, 0.4) is 0 Å². The number of hydrogen-bond donors (Lipinski definition) is 1. The second-order valence-electron chi connectivity index (χ2n) is 4.70. The minimum atomic E-state index is 0.653. The smallest absolute Gasteiger partial charge is 0.190 e. The summed E-state index contributed by atoms with van der Waals surface area (Å²) in [6.07, 6.45) is 4.94. The molecular formula is C14H16N2O. The van der Waals surface area contributed by atoms with Crippen molar-refractivity contribution in [3.05, 3.63) is 35.0 Å². The second-order valence-corrected chi connectivity index (χ2v) is 4.70. The zero-order valence-corrected chi connectivity index (χ0v) is 9.99. The molecule has 1 aromatic heterocycles. The van der Waals surface area contributed by atoms with Crippen molar-refractivity contribution < 1.29 is 4.52 Å². The van der Waals surface area contributed by atoms with Crippen molar-refractivity contribution in [2.45, 2.75) is 32.6 Å². The number of nitrogens with zero attached hydrogens (tertiary/aromatic N) is 1. The average molecular weight is 228 g/mol. The van der Waals surface area contributed by atoms with Gasteiger partial charge in [0, 0.05) is 5.56 Å².